The SMILES string of the molecule is O=S(=O)(Oc1ccc2c(c1)CCC2)c1ccc(C(F)(F)F)cc1. The maximum absolute atomic E-state index is 12.5. The molecule has 122 valence electrons. The van der Waals surface area contributed by atoms with E-state index in [0.29, 0.717) is 0 Å². The summed E-state index contributed by atoms with van der Waals surface area (Å²) in [4.78, 5) is -0.314. The van der Waals surface area contributed by atoms with Crippen LogP contribution in [0.1, 0.15) is 23.1 Å². The summed E-state index contributed by atoms with van der Waals surface area (Å²) in [6, 6.07) is 8.28. The molecule has 3 nitrogen and oxygen atoms in total. The first-order valence-electron chi connectivity index (χ1n) is 6.99. The van der Waals surface area contributed by atoms with E-state index in [1.54, 1.807) is 12.1 Å². The van der Waals surface area contributed by atoms with Crippen LogP contribution in [0.5, 0.6) is 5.75 Å². The smallest absolute Gasteiger partial charge is 0.379 e. The Morgan fingerprint density at radius 1 is 0.913 bits per heavy atom. The van der Waals surface area contributed by atoms with Crippen molar-refractivity contribution in [1.29, 1.82) is 0 Å². The van der Waals surface area contributed by atoms with Crippen LogP contribution in [0, 0.1) is 0 Å². The molecule has 23 heavy (non-hydrogen) atoms. The second-order valence-corrected chi connectivity index (χ2v) is 6.89. The molecule has 0 saturated carbocycles. The topological polar surface area (TPSA) is 43.4 Å². The predicted octanol–water partition coefficient (Wildman–Crippen LogP) is 3.96. The van der Waals surface area contributed by atoms with Gasteiger partial charge < -0.3 is 4.18 Å². The van der Waals surface area contributed by atoms with Crippen LogP contribution >= 0.6 is 0 Å². The van der Waals surface area contributed by atoms with Gasteiger partial charge in [0.15, 0.2) is 0 Å². The lowest BCUT2D eigenvalue weighted by Crippen LogP contribution is -2.11. The van der Waals surface area contributed by atoms with Gasteiger partial charge in [-0.3, -0.25) is 0 Å². The standard InChI is InChI=1S/C16H13F3O3S/c17-16(18,19)13-5-8-15(9-6-13)23(20,21)22-14-7-4-11-2-1-3-12(11)10-14/h4-10H,1-3H2. The summed E-state index contributed by atoms with van der Waals surface area (Å²) in [5.41, 5.74) is 1.31. The van der Waals surface area contributed by atoms with Crippen molar-refractivity contribution in [2.24, 2.45) is 0 Å². The first-order valence-corrected chi connectivity index (χ1v) is 8.40. The quantitative estimate of drug-likeness (QED) is 0.793. The molecule has 0 atom stereocenters. The van der Waals surface area contributed by atoms with Gasteiger partial charge in [0.25, 0.3) is 0 Å². The summed E-state index contributed by atoms with van der Waals surface area (Å²) < 4.78 is 66.9. The van der Waals surface area contributed by atoms with Crippen LogP contribution in [-0.2, 0) is 29.1 Å². The molecule has 0 spiro atoms. The minimum absolute atomic E-state index is 0.172. The van der Waals surface area contributed by atoms with Crippen molar-refractivity contribution in [3.05, 3.63) is 59.2 Å². The highest BCUT2D eigenvalue weighted by molar-refractivity contribution is 7.87. The van der Waals surface area contributed by atoms with Crippen molar-refractivity contribution in [2.75, 3.05) is 0 Å². The van der Waals surface area contributed by atoms with Gasteiger partial charge in [0.2, 0.25) is 0 Å². The van der Waals surface area contributed by atoms with Crippen LogP contribution in [0.4, 0.5) is 13.2 Å². The molecule has 7 heteroatoms. The monoisotopic (exact) mass is 342 g/mol. The average molecular weight is 342 g/mol. The molecule has 0 unspecified atom stereocenters. The van der Waals surface area contributed by atoms with E-state index in [9.17, 15) is 21.6 Å². The first-order chi connectivity index (χ1) is 10.8. The van der Waals surface area contributed by atoms with Crippen LogP contribution in [0.15, 0.2) is 47.4 Å². The van der Waals surface area contributed by atoms with E-state index in [0.717, 1.165) is 49.1 Å². The molecular formula is C16H13F3O3S. The fourth-order valence-corrected chi connectivity index (χ4v) is 3.51. The Kier molecular flexibility index (Phi) is 3.83. The van der Waals surface area contributed by atoms with Crippen LogP contribution in [0.25, 0.3) is 0 Å². The van der Waals surface area contributed by atoms with Gasteiger partial charge in [-0.05, 0) is 66.8 Å². The number of rotatable bonds is 3. The third-order valence-electron chi connectivity index (χ3n) is 3.75. The molecule has 1 aliphatic rings. The van der Waals surface area contributed by atoms with Gasteiger partial charge in [-0.25, -0.2) is 0 Å². The number of benzene rings is 2. The molecule has 0 saturated heterocycles. The van der Waals surface area contributed by atoms with E-state index < -0.39 is 21.9 Å². The van der Waals surface area contributed by atoms with Gasteiger partial charge in [-0.2, -0.15) is 21.6 Å². The molecule has 0 N–H and O–H groups in total. The normalized spacial score (nSPS) is 14.6. The summed E-state index contributed by atoms with van der Waals surface area (Å²) in [6.07, 6.45) is -1.66. The first kappa shape index (κ1) is 15.9. The van der Waals surface area contributed by atoms with Crippen LogP contribution in [0.2, 0.25) is 0 Å². The van der Waals surface area contributed by atoms with E-state index in [1.165, 1.54) is 5.56 Å². The van der Waals surface area contributed by atoms with Crippen molar-refractivity contribution in [3.63, 3.8) is 0 Å². The molecule has 0 fully saturated rings. The minimum atomic E-state index is -4.51. The molecular weight excluding hydrogens is 329 g/mol. The molecule has 0 aliphatic heterocycles. The highest BCUT2D eigenvalue weighted by Crippen LogP contribution is 2.31. The summed E-state index contributed by atoms with van der Waals surface area (Å²) >= 11 is 0. The Bertz CT molecular complexity index is 825. The van der Waals surface area contributed by atoms with E-state index in [1.807, 2.05) is 6.07 Å². The van der Waals surface area contributed by atoms with Crippen molar-refractivity contribution >= 4 is 10.1 Å². The Balaban J connectivity index is 1.84. The van der Waals surface area contributed by atoms with Gasteiger partial charge in [0.1, 0.15) is 10.6 Å². The van der Waals surface area contributed by atoms with E-state index in [4.69, 9.17) is 4.18 Å². The maximum Gasteiger partial charge on any atom is 0.416 e. The number of fused-ring (bicyclic) bond motifs is 1. The van der Waals surface area contributed by atoms with Crippen LogP contribution in [-0.4, -0.2) is 8.42 Å². The second-order valence-electron chi connectivity index (χ2n) is 5.34. The predicted molar refractivity (Wildman–Crippen MR) is 77.7 cm³/mol. The van der Waals surface area contributed by atoms with Crippen LogP contribution < -0.4 is 4.18 Å². The van der Waals surface area contributed by atoms with Gasteiger partial charge in [-0.15, -0.1) is 0 Å². The highest BCUT2D eigenvalue weighted by atomic mass is 32.2. The lowest BCUT2D eigenvalue weighted by atomic mass is 10.1. The molecule has 3 rings (SSSR count). The van der Waals surface area contributed by atoms with E-state index >= 15 is 0 Å². The fourth-order valence-electron chi connectivity index (χ4n) is 2.59. The average Bonchev–Trinajstić information content (AvgIpc) is 2.93. The Morgan fingerprint density at radius 2 is 1.57 bits per heavy atom. The summed E-state index contributed by atoms with van der Waals surface area (Å²) in [7, 11) is -4.16. The molecule has 0 amide bonds. The zero-order valence-electron chi connectivity index (χ0n) is 11.9. The van der Waals surface area contributed by atoms with Crippen molar-refractivity contribution < 1.29 is 25.8 Å². The van der Waals surface area contributed by atoms with Crippen LogP contribution in [0.3, 0.4) is 0 Å². The zero-order chi connectivity index (χ0) is 16.7. The number of aryl methyl sites for hydroxylation is 2. The number of alkyl halides is 3. The molecule has 0 bridgehead atoms. The largest absolute Gasteiger partial charge is 0.416 e. The second kappa shape index (κ2) is 5.56. The third-order valence-corrected chi connectivity index (χ3v) is 5.01. The molecule has 0 aromatic heterocycles. The molecule has 1 aliphatic carbocycles. The maximum atomic E-state index is 12.5. The summed E-state index contributed by atoms with van der Waals surface area (Å²) in [6.45, 7) is 0. The van der Waals surface area contributed by atoms with E-state index in [2.05, 4.69) is 0 Å². The van der Waals surface area contributed by atoms with Crippen molar-refractivity contribution in [1.82, 2.24) is 0 Å². The minimum Gasteiger partial charge on any atom is -0.379 e. The Hall–Kier alpha value is -2.02. The lowest BCUT2D eigenvalue weighted by molar-refractivity contribution is -0.137. The van der Waals surface area contributed by atoms with Gasteiger partial charge >= 0.3 is 16.3 Å². The van der Waals surface area contributed by atoms with Gasteiger partial charge in [-0.1, -0.05) is 6.07 Å². The van der Waals surface area contributed by atoms with Gasteiger partial charge in [0, 0.05) is 0 Å². The molecule has 0 heterocycles. The van der Waals surface area contributed by atoms with Gasteiger partial charge in [0.05, 0.1) is 5.56 Å². The number of hydrogen-bond donors (Lipinski definition) is 0. The number of hydrogen-bond acceptors (Lipinski definition) is 3. The Morgan fingerprint density at radius 3 is 2.22 bits per heavy atom. The molecule has 2 aromatic rings. The summed E-state index contributed by atoms with van der Waals surface area (Å²) in [5.74, 6) is 0.172. The number of halogens is 3. The molecule has 2 aromatic carbocycles. The summed E-state index contributed by atoms with van der Waals surface area (Å²) in [5, 5.41) is 0. The van der Waals surface area contributed by atoms with Crippen molar-refractivity contribution in [3.8, 4) is 5.75 Å². The molecule has 0 radical (unpaired) electrons. The fraction of sp³-hybridized carbons (Fsp3) is 0.250. The zero-order valence-corrected chi connectivity index (χ0v) is 12.7. The highest BCUT2D eigenvalue weighted by Gasteiger charge is 2.31. The lowest BCUT2D eigenvalue weighted by Gasteiger charge is -2.10. The van der Waals surface area contributed by atoms with E-state index in [-0.39, 0.29) is 10.6 Å². The third kappa shape index (κ3) is 3.34. The van der Waals surface area contributed by atoms with Crippen molar-refractivity contribution in [2.45, 2.75) is 30.3 Å². The Labute approximate surface area is 131 Å².